The SMILES string of the molecule is Nc1cc(S(=O)(=O)O)cc2ccc(N=Nc3ccccc3)c(O)c12. The second kappa shape index (κ2) is 5.91. The molecule has 0 aromatic heterocycles. The van der Waals surface area contributed by atoms with Gasteiger partial charge in [0, 0.05) is 11.1 Å². The first-order valence-electron chi connectivity index (χ1n) is 6.86. The van der Waals surface area contributed by atoms with Gasteiger partial charge in [-0.1, -0.05) is 24.3 Å². The molecule has 0 spiro atoms. The van der Waals surface area contributed by atoms with Crippen LogP contribution in [-0.4, -0.2) is 18.1 Å². The van der Waals surface area contributed by atoms with Crippen molar-refractivity contribution in [3.8, 4) is 5.75 Å². The number of fused-ring (bicyclic) bond motifs is 1. The number of phenolic OH excluding ortho intramolecular Hbond substituents is 1. The van der Waals surface area contributed by atoms with E-state index in [4.69, 9.17) is 10.3 Å². The molecule has 0 bridgehead atoms. The average Bonchev–Trinajstić information content (AvgIpc) is 2.54. The molecule has 3 rings (SSSR count). The maximum atomic E-state index is 11.2. The summed E-state index contributed by atoms with van der Waals surface area (Å²) in [4.78, 5) is -0.342. The van der Waals surface area contributed by atoms with Gasteiger partial charge in [-0.05, 0) is 35.7 Å². The fourth-order valence-electron chi connectivity index (χ4n) is 2.28. The molecule has 3 aromatic carbocycles. The van der Waals surface area contributed by atoms with Crippen LogP contribution in [0.5, 0.6) is 5.75 Å². The maximum absolute atomic E-state index is 11.2. The lowest BCUT2D eigenvalue weighted by Crippen LogP contribution is -2.00. The lowest BCUT2D eigenvalue weighted by atomic mass is 10.1. The first-order valence-corrected chi connectivity index (χ1v) is 8.30. The molecule has 122 valence electrons. The molecule has 0 radical (unpaired) electrons. The zero-order valence-corrected chi connectivity index (χ0v) is 13.1. The smallest absolute Gasteiger partial charge is 0.294 e. The Morgan fingerprint density at radius 3 is 2.33 bits per heavy atom. The predicted octanol–water partition coefficient (Wildman–Crippen LogP) is 3.79. The molecule has 0 atom stereocenters. The quantitative estimate of drug-likeness (QED) is 0.379. The molecule has 8 heteroatoms. The van der Waals surface area contributed by atoms with Crippen molar-refractivity contribution in [3.05, 3.63) is 54.6 Å². The lowest BCUT2D eigenvalue weighted by molar-refractivity contribution is 0.481. The normalized spacial score (nSPS) is 12.0. The molecular formula is C16H13N3O4S. The Morgan fingerprint density at radius 2 is 1.67 bits per heavy atom. The van der Waals surface area contributed by atoms with Crippen LogP contribution in [0.15, 0.2) is 69.7 Å². The number of hydrogen-bond acceptors (Lipinski definition) is 6. The first-order chi connectivity index (χ1) is 11.4. The summed E-state index contributed by atoms with van der Waals surface area (Å²) in [6.07, 6.45) is 0. The number of hydrogen-bond donors (Lipinski definition) is 3. The minimum atomic E-state index is -4.39. The van der Waals surface area contributed by atoms with Gasteiger partial charge in [0.2, 0.25) is 0 Å². The number of aromatic hydroxyl groups is 1. The van der Waals surface area contributed by atoms with Crippen molar-refractivity contribution in [3.63, 3.8) is 0 Å². The summed E-state index contributed by atoms with van der Waals surface area (Å²) in [5.41, 5.74) is 6.64. The molecule has 0 unspecified atom stereocenters. The molecule has 4 N–H and O–H groups in total. The molecule has 3 aromatic rings. The molecular weight excluding hydrogens is 330 g/mol. The molecule has 0 aliphatic heterocycles. The highest BCUT2D eigenvalue weighted by Crippen LogP contribution is 2.39. The van der Waals surface area contributed by atoms with Gasteiger partial charge in [0.15, 0.2) is 5.75 Å². The van der Waals surface area contributed by atoms with Gasteiger partial charge in [-0.2, -0.15) is 13.5 Å². The Balaban J connectivity index is 2.12. The maximum Gasteiger partial charge on any atom is 0.294 e. The standard InChI is InChI=1S/C16H13N3O4S/c17-13-9-12(24(21,22)23)8-10-6-7-14(16(20)15(10)13)19-18-11-4-2-1-3-5-11/h1-9,20H,17H2,(H,21,22,23). The van der Waals surface area contributed by atoms with E-state index in [1.165, 1.54) is 12.1 Å². The van der Waals surface area contributed by atoms with E-state index in [0.29, 0.717) is 11.1 Å². The fraction of sp³-hybridized carbons (Fsp3) is 0. The molecule has 0 heterocycles. The van der Waals surface area contributed by atoms with Crippen LogP contribution in [-0.2, 0) is 10.1 Å². The Bertz CT molecular complexity index is 1050. The number of anilines is 1. The Kier molecular flexibility index (Phi) is 3.92. The summed E-state index contributed by atoms with van der Waals surface area (Å²) < 4.78 is 31.6. The summed E-state index contributed by atoms with van der Waals surface area (Å²) in [7, 11) is -4.39. The number of nitrogen functional groups attached to an aromatic ring is 1. The zero-order chi connectivity index (χ0) is 17.3. The van der Waals surface area contributed by atoms with Gasteiger partial charge in [0.1, 0.15) is 5.69 Å². The molecule has 24 heavy (non-hydrogen) atoms. The summed E-state index contributed by atoms with van der Waals surface area (Å²) in [5, 5.41) is 19.0. The van der Waals surface area contributed by atoms with Gasteiger partial charge in [-0.15, -0.1) is 5.11 Å². The molecule has 0 aliphatic carbocycles. The highest BCUT2D eigenvalue weighted by Gasteiger charge is 2.16. The third kappa shape index (κ3) is 3.05. The third-order valence-corrected chi connectivity index (χ3v) is 4.23. The van der Waals surface area contributed by atoms with Crippen molar-refractivity contribution in [1.82, 2.24) is 0 Å². The number of azo groups is 1. The van der Waals surface area contributed by atoms with Gasteiger partial charge in [-0.3, -0.25) is 4.55 Å². The second-order valence-electron chi connectivity index (χ2n) is 5.05. The zero-order valence-electron chi connectivity index (χ0n) is 12.3. The van der Waals surface area contributed by atoms with Gasteiger partial charge < -0.3 is 10.8 Å². The highest BCUT2D eigenvalue weighted by molar-refractivity contribution is 7.85. The van der Waals surface area contributed by atoms with Crippen LogP contribution >= 0.6 is 0 Å². The summed E-state index contributed by atoms with van der Waals surface area (Å²) in [6.45, 7) is 0. The van der Waals surface area contributed by atoms with Crippen molar-refractivity contribution in [1.29, 1.82) is 0 Å². The predicted molar refractivity (Wildman–Crippen MR) is 90.5 cm³/mol. The molecule has 0 aliphatic rings. The van der Waals surface area contributed by atoms with E-state index in [-0.39, 0.29) is 27.4 Å². The number of phenols is 1. The largest absolute Gasteiger partial charge is 0.505 e. The Morgan fingerprint density at radius 1 is 0.958 bits per heavy atom. The average molecular weight is 343 g/mol. The summed E-state index contributed by atoms with van der Waals surface area (Å²) in [6, 6.07) is 14.3. The van der Waals surface area contributed by atoms with Crippen molar-refractivity contribution in [2.45, 2.75) is 4.90 Å². The van der Waals surface area contributed by atoms with Crippen LogP contribution in [0.2, 0.25) is 0 Å². The summed E-state index contributed by atoms with van der Waals surface area (Å²) in [5.74, 6) is -0.216. The van der Waals surface area contributed by atoms with E-state index in [2.05, 4.69) is 10.2 Å². The molecule has 0 amide bonds. The van der Waals surface area contributed by atoms with Crippen molar-refractivity contribution in [2.24, 2.45) is 10.2 Å². The van der Waals surface area contributed by atoms with Crippen LogP contribution < -0.4 is 5.73 Å². The van der Waals surface area contributed by atoms with E-state index in [1.807, 2.05) is 18.2 Å². The minimum Gasteiger partial charge on any atom is -0.505 e. The highest BCUT2D eigenvalue weighted by atomic mass is 32.2. The first kappa shape index (κ1) is 15.9. The minimum absolute atomic E-state index is 0.00869. The topological polar surface area (TPSA) is 125 Å². The van der Waals surface area contributed by atoms with E-state index >= 15 is 0 Å². The van der Waals surface area contributed by atoms with Gasteiger partial charge in [0.25, 0.3) is 10.1 Å². The second-order valence-corrected chi connectivity index (χ2v) is 6.48. The number of nitrogens with two attached hydrogens (primary N) is 1. The summed E-state index contributed by atoms with van der Waals surface area (Å²) >= 11 is 0. The van der Waals surface area contributed by atoms with Crippen molar-refractivity contribution in [2.75, 3.05) is 5.73 Å². The van der Waals surface area contributed by atoms with Crippen molar-refractivity contribution >= 4 is 38.0 Å². The molecule has 7 nitrogen and oxygen atoms in total. The van der Waals surface area contributed by atoms with E-state index < -0.39 is 10.1 Å². The van der Waals surface area contributed by atoms with Crippen LogP contribution in [0.25, 0.3) is 10.8 Å². The third-order valence-electron chi connectivity index (χ3n) is 3.40. The number of nitrogens with zero attached hydrogens (tertiary/aromatic N) is 2. The fourth-order valence-corrected chi connectivity index (χ4v) is 2.83. The van der Waals surface area contributed by atoms with Gasteiger partial charge in [0.05, 0.1) is 10.6 Å². The molecule has 0 saturated carbocycles. The molecule has 0 saturated heterocycles. The Labute approximate surface area is 137 Å². The van der Waals surface area contributed by atoms with E-state index in [1.54, 1.807) is 18.2 Å². The molecule has 0 fully saturated rings. The van der Waals surface area contributed by atoms with Gasteiger partial charge in [-0.25, -0.2) is 0 Å². The van der Waals surface area contributed by atoms with Crippen LogP contribution in [0.3, 0.4) is 0 Å². The van der Waals surface area contributed by atoms with Gasteiger partial charge >= 0.3 is 0 Å². The Hall–Kier alpha value is -2.97. The lowest BCUT2D eigenvalue weighted by Gasteiger charge is -2.08. The van der Waals surface area contributed by atoms with E-state index in [0.717, 1.165) is 6.07 Å². The number of rotatable bonds is 3. The van der Waals surface area contributed by atoms with Crippen LogP contribution in [0.1, 0.15) is 0 Å². The number of benzene rings is 3. The van der Waals surface area contributed by atoms with Crippen molar-refractivity contribution < 1.29 is 18.1 Å². The monoisotopic (exact) mass is 343 g/mol. The van der Waals surface area contributed by atoms with Crippen LogP contribution in [0.4, 0.5) is 17.1 Å². The van der Waals surface area contributed by atoms with Crippen LogP contribution in [0, 0.1) is 0 Å². The van der Waals surface area contributed by atoms with E-state index in [9.17, 15) is 13.5 Å².